The molecule has 0 radical (unpaired) electrons. The van der Waals surface area contributed by atoms with Gasteiger partial charge in [-0.3, -0.25) is 23.5 Å². The number of alkyl halides is 3. The summed E-state index contributed by atoms with van der Waals surface area (Å²) in [5, 5.41) is 3.61. The fourth-order valence-electron chi connectivity index (χ4n) is 5.09. The summed E-state index contributed by atoms with van der Waals surface area (Å²) in [6, 6.07) is 9.15. The molecule has 8 nitrogen and oxygen atoms in total. The summed E-state index contributed by atoms with van der Waals surface area (Å²) >= 11 is 0. The molecule has 2 aromatic carbocycles. The Bertz CT molecular complexity index is 1970. The summed E-state index contributed by atoms with van der Waals surface area (Å²) in [7, 11) is -2.82. The number of pyridine rings is 1. The maximum absolute atomic E-state index is 14.2. The molecule has 5 rings (SSSR count). The van der Waals surface area contributed by atoms with Crippen molar-refractivity contribution in [2.45, 2.75) is 31.3 Å². The van der Waals surface area contributed by atoms with Gasteiger partial charge in [0.2, 0.25) is 0 Å². The number of rotatable bonds is 7. The zero-order chi connectivity index (χ0) is 32.7. The van der Waals surface area contributed by atoms with Gasteiger partial charge >= 0.3 is 6.18 Å². The number of fused-ring (bicyclic) bond motifs is 1. The molecule has 3 heterocycles. The van der Waals surface area contributed by atoms with Crippen LogP contribution < -0.4 is 5.73 Å². The predicted molar refractivity (Wildman–Crippen MR) is 155 cm³/mol. The molecule has 2 aromatic heterocycles. The van der Waals surface area contributed by atoms with Gasteiger partial charge in [-0.1, -0.05) is 12.1 Å². The molecule has 45 heavy (non-hydrogen) atoms. The van der Waals surface area contributed by atoms with Crippen molar-refractivity contribution >= 4 is 32.9 Å². The summed E-state index contributed by atoms with van der Waals surface area (Å²) in [6.45, 7) is -0.748. The lowest BCUT2D eigenvalue weighted by atomic mass is 9.96. The highest BCUT2D eigenvalue weighted by molar-refractivity contribution is 7.99. The number of aliphatic imine (C=N–C) groups is 1. The Morgan fingerprint density at radius 1 is 1.07 bits per heavy atom. The Morgan fingerprint density at radius 2 is 1.78 bits per heavy atom. The quantitative estimate of drug-likeness (QED) is 0.180. The van der Waals surface area contributed by atoms with Crippen molar-refractivity contribution in [3.05, 3.63) is 106 Å². The van der Waals surface area contributed by atoms with E-state index >= 15 is 0 Å². The summed E-state index contributed by atoms with van der Waals surface area (Å²) in [5.41, 5.74) is 3.77. The number of carbonyl (C=O) groups excluding carboxylic acids is 2. The SMILES string of the molecule is C=S1(=O)CCc2c(c(C(F)(F)F)nn2CC(=O)N=C(Cc2cc(F)cc(F)c2)c2ncccc2-c2ccc(F)c(C(N)=O)c2)C1. The smallest absolute Gasteiger partial charge is 0.366 e. The third-order valence-electron chi connectivity index (χ3n) is 7.02. The van der Waals surface area contributed by atoms with Gasteiger partial charge in [0.05, 0.1) is 17.0 Å². The molecule has 234 valence electrons. The van der Waals surface area contributed by atoms with E-state index in [4.69, 9.17) is 5.73 Å². The number of halogens is 6. The van der Waals surface area contributed by atoms with E-state index in [1.165, 1.54) is 24.4 Å². The molecule has 0 saturated heterocycles. The minimum absolute atomic E-state index is 0.000902. The average molecular weight is 648 g/mol. The van der Waals surface area contributed by atoms with Crippen LogP contribution in [0.1, 0.15) is 38.6 Å². The molecule has 1 aliphatic heterocycles. The Kier molecular flexibility index (Phi) is 8.40. The van der Waals surface area contributed by atoms with Crippen molar-refractivity contribution in [2.75, 3.05) is 5.75 Å². The molecule has 0 aliphatic carbocycles. The molecule has 15 heteroatoms. The van der Waals surface area contributed by atoms with Crippen LogP contribution in [0.5, 0.6) is 0 Å². The fourth-order valence-corrected chi connectivity index (χ4v) is 6.63. The van der Waals surface area contributed by atoms with Gasteiger partial charge in [-0.2, -0.15) is 18.3 Å². The molecule has 0 bridgehead atoms. The monoisotopic (exact) mass is 647 g/mol. The minimum atomic E-state index is -4.89. The molecule has 0 fully saturated rings. The topological polar surface area (TPSA) is 120 Å². The van der Waals surface area contributed by atoms with Crippen molar-refractivity contribution < 1.29 is 40.1 Å². The second-order valence-electron chi connectivity index (χ2n) is 10.4. The van der Waals surface area contributed by atoms with Crippen LogP contribution in [0.2, 0.25) is 0 Å². The Balaban J connectivity index is 1.61. The van der Waals surface area contributed by atoms with Crippen molar-refractivity contribution in [3.8, 4) is 11.1 Å². The van der Waals surface area contributed by atoms with Gasteiger partial charge in [-0.05, 0) is 56.9 Å². The first-order valence-electron chi connectivity index (χ1n) is 13.2. The van der Waals surface area contributed by atoms with E-state index in [9.17, 15) is 40.1 Å². The van der Waals surface area contributed by atoms with Crippen LogP contribution in [-0.2, 0) is 45.6 Å². The lowest BCUT2D eigenvalue weighted by Crippen LogP contribution is -2.23. The third kappa shape index (κ3) is 6.98. The number of benzene rings is 2. The molecular weight excluding hydrogens is 624 g/mol. The first kappa shape index (κ1) is 31.6. The van der Waals surface area contributed by atoms with Crippen molar-refractivity contribution in [1.82, 2.24) is 14.8 Å². The van der Waals surface area contributed by atoms with E-state index in [0.29, 0.717) is 6.07 Å². The van der Waals surface area contributed by atoms with Crippen molar-refractivity contribution in [1.29, 1.82) is 0 Å². The van der Waals surface area contributed by atoms with E-state index in [-0.39, 0.29) is 57.9 Å². The summed E-state index contributed by atoms with van der Waals surface area (Å²) in [6.07, 6.45) is -3.98. The summed E-state index contributed by atoms with van der Waals surface area (Å²) < 4.78 is 97.2. The van der Waals surface area contributed by atoms with E-state index in [1.54, 1.807) is 0 Å². The first-order chi connectivity index (χ1) is 21.1. The highest BCUT2D eigenvalue weighted by Crippen LogP contribution is 2.36. The van der Waals surface area contributed by atoms with E-state index in [1.807, 2.05) is 0 Å². The van der Waals surface area contributed by atoms with Gasteiger partial charge < -0.3 is 5.73 Å². The van der Waals surface area contributed by atoms with Crippen LogP contribution in [0.4, 0.5) is 26.3 Å². The molecule has 1 unspecified atom stereocenters. The molecule has 1 atom stereocenters. The lowest BCUT2D eigenvalue weighted by molar-refractivity contribution is -0.142. The zero-order valence-corrected chi connectivity index (χ0v) is 24.0. The normalized spacial score (nSPS) is 16.8. The number of hydrogen-bond donors (Lipinski definition) is 1. The van der Waals surface area contributed by atoms with Crippen molar-refractivity contribution in [3.63, 3.8) is 0 Å². The Hall–Kier alpha value is -4.79. The van der Waals surface area contributed by atoms with Crippen LogP contribution in [0.3, 0.4) is 0 Å². The third-order valence-corrected chi connectivity index (χ3v) is 8.78. The predicted octanol–water partition coefficient (Wildman–Crippen LogP) is 4.51. The van der Waals surface area contributed by atoms with Crippen LogP contribution in [0, 0.1) is 17.5 Å². The van der Waals surface area contributed by atoms with E-state index in [2.05, 4.69) is 20.9 Å². The average Bonchev–Trinajstić information content (AvgIpc) is 3.28. The Labute approximate surface area is 252 Å². The number of nitrogens with two attached hydrogens (primary N) is 1. The molecule has 2 amide bonds. The number of nitrogens with zero attached hydrogens (tertiary/aromatic N) is 4. The molecule has 1 aliphatic rings. The lowest BCUT2D eigenvalue weighted by Gasteiger charge is -2.18. The summed E-state index contributed by atoms with van der Waals surface area (Å²) in [4.78, 5) is 33.5. The zero-order valence-electron chi connectivity index (χ0n) is 23.2. The highest BCUT2D eigenvalue weighted by atomic mass is 32.2. The molecule has 4 aromatic rings. The Morgan fingerprint density at radius 3 is 2.44 bits per heavy atom. The van der Waals surface area contributed by atoms with Crippen LogP contribution in [0.25, 0.3) is 11.1 Å². The number of hydrogen-bond acceptors (Lipinski definition) is 5. The van der Waals surface area contributed by atoms with Gasteiger partial charge in [0.25, 0.3) is 11.8 Å². The first-order valence-corrected chi connectivity index (χ1v) is 15.3. The van der Waals surface area contributed by atoms with E-state index < -0.39 is 68.5 Å². The number of aromatic nitrogens is 3. The highest BCUT2D eigenvalue weighted by Gasteiger charge is 2.41. The number of primary amides is 1. The van der Waals surface area contributed by atoms with E-state index in [0.717, 1.165) is 28.9 Å². The van der Waals surface area contributed by atoms with Crippen molar-refractivity contribution in [2.24, 2.45) is 10.7 Å². The fraction of sp³-hybridized carbons (Fsp3) is 0.200. The molecule has 0 saturated carbocycles. The number of carbonyl (C=O) groups is 2. The second-order valence-corrected chi connectivity index (χ2v) is 13.0. The molecule has 2 N–H and O–H groups in total. The number of amides is 2. The standard InChI is InChI=1S/C30H23F6N5O3S/c1-45(44)8-6-25-22(15-45)28(30(34,35)36)40-41(25)14-26(42)39-24(11-16-9-18(31)13-19(32)10-16)27-20(3-2-7-38-27)17-4-5-23(33)21(12-17)29(37)43/h2-5,7,9-10,12-13H,1,6,8,11,14-15H2,(H2,37,43). The molecule has 0 spiro atoms. The molecular formula is C30H23F6N5O3S. The van der Waals surface area contributed by atoms with Gasteiger partial charge in [0, 0.05) is 53.4 Å². The van der Waals surface area contributed by atoms with Gasteiger partial charge in [0.1, 0.15) is 24.0 Å². The summed E-state index contributed by atoms with van der Waals surface area (Å²) in [5.74, 6) is -1.65. The van der Waals surface area contributed by atoms with Gasteiger partial charge in [0.15, 0.2) is 5.69 Å². The van der Waals surface area contributed by atoms with Gasteiger partial charge in [-0.25, -0.2) is 18.2 Å². The minimum Gasteiger partial charge on any atom is -0.366 e. The van der Waals surface area contributed by atoms with Crippen LogP contribution in [0.15, 0.2) is 59.7 Å². The maximum Gasteiger partial charge on any atom is 0.435 e. The van der Waals surface area contributed by atoms with Crippen LogP contribution >= 0.6 is 0 Å². The maximum atomic E-state index is 14.2. The second kappa shape index (κ2) is 12.0. The van der Waals surface area contributed by atoms with Crippen LogP contribution in [-0.4, -0.2) is 48.1 Å². The largest absolute Gasteiger partial charge is 0.435 e. The van der Waals surface area contributed by atoms with Gasteiger partial charge in [-0.15, -0.1) is 0 Å².